The number of hydrogen-bond donors (Lipinski definition) is 2. The van der Waals surface area contributed by atoms with E-state index in [1.807, 2.05) is 13.1 Å². The lowest BCUT2D eigenvalue weighted by molar-refractivity contribution is 0.208. The van der Waals surface area contributed by atoms with E-state index in [1.165, 1.54) is 51.4 Å². The van der Waals surface area contributed by atoms with Crippen LogP contribution in [-0.4, -0.2) is 17.2 Å². The molecule has 0 aromatic carbocycles. The lowest BCUT2D eigenvalue weighted by Gasteiger charge is -2.28. The Balaban J connectivity index is 1.95. The van der Waals surface area contributed by atoms with Crippen LogP contribution < -0.4 is 11.1 Å². The molecule has 0 saturated carbocycles. The van der Waals surface area contributed by atoms with Crippen LogP contribution in [0.1, 0.15) is 65.2 Å². The predicted octanol–water partition coefficient (Wildman–Crippen LogP) is 3.69. The Morgan fingerprint density at radius 3 is 2.68 bits per heavy atom. The first-order valence-corrected chi connectivity index (χ1v) is 7.86. The minimum atomic E-state index is 0.0987. The summed E-state index contributed by atoms with van der Waals surface area (Å²) >= 11 is 0. The van der Waals surface area contributed by atoms with E-state index in [0.717, 1.165) is 0 Å². The Kier molecular flexibility index (Phi) is 8.39. The average molecular weight is 265 g/mol. The van der Waals surface area contributed by atoms with Crippen LogP contribution in [-0.2, 0) is 0 Å². The highest BCUT2D eigenvalue weighted by Gasteiger charge is 2.20. The Morgan fingerprint density at radius 1 is 1.21 bits per heavy atom. The summed E-state index contributed by atoms with van der Waals surface area (Å²) in [5.74, 6) is 0. The zero-order valence-electron chi connectivity index (χ0n) is 12.6. The molecule has 3 N–H and O–H groups in total. The number of nitrogens with one attached hydrogen (secondary N) is 1. The van der Waals surface area contributed by atoms with Gasteiger partial charge in [-0.25, -0.2) is 0 Å². The molecule has 0 aliphatic carbocycles. The van der Waals surface area contributed by atoms with Crippen LogP contribution in [0.4, 0.5) is 0 Å². The van der Waals surface area contributed by atoms with E-state index in [9.17, 15) is 0 Å². The topological polar surface area (TPSA) is 41.3 Å². The van der Waals surface area contributed by atoms with E-state index in [4.69, 9.17) is 5.73 Å². The largest absolute Gasteiger partial charge is 0.370 e. The van der Waals surface area contributed by atoms with Gasteiger partial charge in [0, 0.05) is 12.4 Å². The lowest BCUT2D eigenvalue weighted by atomic mass is 10.1. The lowest BCUT2D eigenvalue weighted by Crippen LogP contribution is -2.44. The van der Waals surface area contributed by atoms with Gasteiger partial charge >= 0.3 is 0 Å². The highest BCUT2D eigenvalue weighted by molar-refractivity contribution is 4.95. The maximum absolute atomic E-state index is 5.93. The summed E-state index contributed by atoms with van der Waals surface area (Å²) in [5.41, 5.74) is 5.93. The van der Waals surface area contributed by atoms with Crippen molar-refractivity contribution < 1.29 is 0 Å². The summed E-state index contributed by atoms with van der Waals surface area (Å²) in [6.07, 6.45) is 19.4. The van der Waals surface area contributed by atoms with E-state index in [-0.39, 0.29) is 6.17 Å². The van der Waals surface area contributed by atoms with E-state index in [1.54, 1.807) is 0 Å². The number of nitrogens with two attached hydrogens (primary N) is 1. The Morgan fingerprint density at radius 2 is 1.95 bits per heavy atom. The second-order valence-electron chi connectivity index (χ2n) is 5.41. The zero-order chi connectivity index (χ0) is 13.9. The normalized spacial score (nSPS) is 20.2. The second kappa shape index (κ2) is 9.90. The van der Waals surface area contributed by atoms with Crippen molar-refractivity contribution in [3.8, 4) is 0 Å². The van der Waals surface area contributed by atoms with E-state index in [2.05, 4.69) is 35.5 Å². The summed E-state index contributed by atoms with van der Waals surface area (Å²) in [6, 6.07) is 0. The van der Waals surface area contributed by atoms with Crippen LogP contribution in [0.2, 0.25) is 0 Å². The van der Waals surface area contributed by atoms with E-state index < -0.39 is 0 Å². The molecule has 1 heterocycles. The average Bonchev–Trinajstić information content (AvgIpc) is 2.85. The zero-order valence-corrected chi connectivity index (χ0v) is 12.6. The molecule has 0 spiro atoms. The molecule has 0 amide bonds. The van der Waals surface area contributed by atoms with Gasteiger partial charge in [0.2, 0.25) is 0 Å². The first kappa shape index (κ1) is 16.1. The number of nitrogens with zero attached hydrogens (tertiary/aromatic N) is 1. The summed E-state index contributed by atoms with van der Waals surface area (Å²) in [4.78, 5) is 2.20. The summed E-state index contributed by atoms with van der Waals surface area (Å²) in [6.45, 7) is 4.22. The second-order valence-corrected chi connectivity index (χ2v) is 5.41. The molecule has 3 nitrogen and oxygen atoms in total. The van der Waals surface area contributed by atoms with Crippen LogP contribution in [0.5, 0.6) is 0 Å². The molecule has 0 saturated heterocycles. The molecule has 2 atom stereocenters. The third kappa shape index (κ3) is 6.67. The van der Waals surface area contributed by atoms with Gasteiger partial charge in [-0.2, -0.15) is 0 Å². The van der Waals surface area contributed by atoms with Crippen LogP contribution in [0.25, 0.3) is 0 Å². The molecule has 0 bridgehead atoms. The van der Waals surface area contributed by atoms with Crippen LogP contribution in [0.15, 0.2) is 24.6 Å². The minimum absolute atomic E-state index is 0.0987. The van der Waals surface area contributed by atoms with Gasteiger partial charge in [-0.3, -0.25) is 0 Å². The van der Waals surface area contributed by atoms with Crippen molar-refractivity contribution >= 4 is 0 Å². The minimum Gasteiger partial charge on any atom is -0.370 e. The van der Waals surface area contributed by atoms with Crippen molar-refractivity contribution in [2.24, 2.45) is 5.73 Å². The van der Waals surface area contributed by atoms with Gasteiger partial charge in [-0.15, -0.1) is 0 Å². The highest BCUT2D eigenvalue weighted by atomic mass is 15.3. The first-order chi connectivity index (χ1) is 9.25. The SMILES string of the molecule is CC/C=C/CCCCCCCC1NC=CN1C(C)N. The van der Waals surface area contributed by atoms with Crippen molar-refractivity contribution in [2.75, 3.05) is 0 Å². The number of hydrogen-bond acceptors (Lipinski definition) is 3. The predicted molar refractivity (Wildman–Crippen MR) is 83.3 cm³/mol. The fourth-order valence-corrected chi connectivity index (χ4v) is 2.50. The summed E-state index contributed by atoms with van der Waals surface area (Å²) in [7, 11) is 0. The highest BCUT2D eigenvalue weighted by Crippen LogP contribution is 2.15. The molecular formula is C16H31N3. The molecule has 1 aliphatic rings. The summed E-state index contributed by atoms with van der Waals surface area (Å²) < 4.78 is 0. The van der Waals surface area contributed by atoms with Crippen LogP contribution in [0.3, 0.4) is 0 Å². The molecule has 0 aromatic heterocycles. The Hall–Kier alpha value is -0.960. The smallest absolute Gasteiger partial charge is 0.0995 e. The first-order valence-electron chi connectivity index (χ1n) is 7.86. The molecule has 3 heteroatoms. The van der Waals surface area contributed by atoms with Gasteiger partial charge in [0.25, 0.3) is 0 Å². The molecule has 0 radical (unpaired) electrons. The Bertz CT molecular complexity index is 271. The molecule has 0 fully saturated rings. The fraction of sp³-hybridized carbons (Fsp3) is 0.750. The van der Waals surface area contributed by atoms with E-state index in [0.29, 0.717) is 6.17 Å². The monoisotopic (exact) mass is 265 g/mol. The maximum atomic E-state index is 5.93. The Labute approximate surface area is 118 Å². The number of rotatable bonds is 10. The van der Waals surface area contributed by atoms with Gasteiger partial charge in [0.1, 0.15) is 0 Å². The third-order valence-electron chi connectivity index (χ3n) is 3.62. The molecular weight excluding hydrogens is 234 g/mol. The summed E-state index contributed by atoms with van der Waals surface area (Å²) in [5, 5.41) is 3.37. The third-order valence-corrected chi connectivity index (χ3v) is 3.62. The van der Waals surface area contributed by atoms with E-state index >= 15 is 0 Å². The molecule has 19 heavy (non-hydrogen) atoms. The molecule has 1 rings (SSSR count). The van der Waals surface area contributed by atoms with Gasteiger partial charge in [0.05, 0.1) is 12.3 Å². The fourth-order valence-electron chi connectivity index (χ4n) is 2.50. The van der Waals surface area contributed by atoms with Crippen molar-refractivity contribution in [1.82, 2.24) is 10.2 Å². The van der Waals surface area contributed by atoms with Crippen LogP contribution in [0, 0.1) is 0 Å². The van der Waals surface area contributed by atoms with Gasteiger partial charge in [-0.05, 0) is 39.0 Å². The van der Waals surface area contributed by atoms with Crippen molar-refractivity contribution in [2.45, 2.75) is 77.5 Å². The number of allylic oxidation sites excluding steroid dienone is 2. The van der Waals surface area contributed by atoms with Crippen molar-refractivity contribution in [3.63, 3.8) is 0 Å². The maximum Gasteiger partial charge on any atom is 0.0995 e. The molecule has 0 aromatic rings. The van der Waals surface area contributed by atoms with Crippen LogP contribution >= 0.6 is 0 Å². The van der Waals surface area contributed by atoms with Crippen molar-refractivity contribution in [1.29, 1.82) is 0 Å². The number of unbranched alkanes of at least 4 members (excludes halogenated alkanes) is 5. The van der Waals surface area contributed by atoms with Gasteiger partial charge in [-0.1, -0.05) is 38.3 Å². The van der Waals surface area contributed by atoms with Gasteiger partial charge in [0.15, 0.2) is 0 Å². The standard InChI is InChI=1S/C16H31N3/c1-3-4-5-6-7-8-9-10-11-12-16-18-13-14-19(16)15(2)17/h4-5,13-16,18H,3,6-12,17H2,1-2H3/b5-4+. The molecule has 1 aliphatic heterocycles. The quantitative estimate of drug-likeness (QED) is 0.467. The van der Waals surface area contributed by atoms with Crippen molar-refractivity contribution in [3.05, 3.63) is 24.6 Å². The van der Waals surface area contributed by atoms with Gasteiger partial charge < -0.3 is 16.0 Å². The molecule has 2 unspecified atom stereocenters. The molecule has 110 valence electrons.